The fraction of sp³-hybridized carbons (Fsp3) is 0.692. The number of nitrogens with zero attached hydrogens (tertiary/aromatic N) is 2. The molecule has 0 spiro atoms. The van der Waals surface area contributed by atoms with Crippen molar-refractivity contribution < 1.29 is 9.90 Å². The maximum absolute atomic E-state index is 10.8. The summed E-state index contributed by atoms with van der Waals surface area (Å²) in [6.07, 6.45) is 4.78. The van der Waals surface area contributed by atoms with Crippen molar-refractivity contribution >= 4 is 11.9 Å². The normalized spacial score (nSPS) is 12.7. The molecule has 0 radical (unpaired) electrons. The highest BCUT2D eigenvalue weighted by atomic mass is 16.4. The Morgan fingerprint density at radius 3 is 2.83 bits per heavy atom. The highest BCUT2D eigenvalue weighted by molar-refractivity contribution is 5.67. The lowest BCUT2D eigenvalue weighted by Crippen LogP contribution is -2.21. The number of aliphatic carboxylic acids is 1. The molecule has 1 atom stereocenters. The van der Waals surface area contributed by atoms with Crippen molar-refractivity contribution in [2.24, 2.45) is 11.8 Å². The summed E-state index contributed by atoms with van der Waals surface area (Å²) in [4.78, 5) is 15.0. The molecule has 0 fully saturated rings. The average Bonchev–Trinajstić information content (AvgIpc) is 2.71. The molecular weight excluding hydrogens is 230 g/mol. The molecule has 0 aliphatic rings. The van der Waals surface area contributed by atoms with E-state index in [2.05, 4.69) is 31.1 Å². The summed E-state index contributed by atoms with van der Waals surface area (Å²) in [5, 5.41) is 12.1. The summed E-state index contributed by atoms with van der Waals surface area (Å²) in [6, 6.07) is 0. The third kappa shape index (κ3) is 4.77. The van der Waals surface area contributed by atoms with Crippen molar-refractivity contribution in [2.45, 2.75) is 40.2 Å². The lowest BCUT2D eigenvalue weighted by Gasteiger charge is -2.18. The minimum absolute atomic E-state index is 0.143. The Kier molecular flexibility index (Phi) is 5.68. The third-order valence-electron chi connectivity index (χ3n) is 2.87. The molecular formula is C13H23N3O2. The minimum Gasteiger partial charge on any atom is -0.481 e. The first-order valence-electron chi connectivity index (χ1n) is 6.49. The number of hydrogen-bond donors (Lipinski definition) is 2. The maximum atomic E-state index is 10.8. The van der Waals surface area contributed by atoms with Crippen LogP contribution in [-0.4, -0.2) is 27.2 Å². The predicted octanol–water partition coefficient (Wildman–Crippen LogP) is 2.45. The molecule has 5 heteroatoms. The lowest BCUT2D eigenvalue weighted by atomic mass is 9.94. The first kappa shape index (κ1) is 14.5. The van der Waals surface area contributed by atoms with Gasteiger partial charge in [-0.1, -0.05) is 13.8 Å². The van der Waals surface area contributed by atoms with Crippen LogP contribution in [0.25, 0.3) is 0 Å². The van der Waals surface area contributed by atoms with Crippen molar-refractivity contribution in [3.05, 3.63) is 12.4 Å². The van der Waals surface area contributed by atoms with E-state index in [4.69, 9.17) is 5.11 Å². The Labute approximate surface area is 108 Å². The highest BCUT2D eigenvalue weighted by Crippen LogP contribution is 2.16. The molecule has 0 aliphatic heterocycles. The van der Waals surface area contributed by atoms with Gasteiger partial charge in [0.2, 0.25) is 5.95 Å². The molecule has 1 unspecified atom stereocenters. The van der Waals surface area contributed by atoms with E-state index in [1.165, 1.54) is 0 Å². The van der Waals surface area contributed by atoms with E-state index in [1.54, 1.807) is 6.20 Å². The van der Waals surface area contributed by atoms with E-state index in [0.29, 0.717) is 12.5 Å². The molecule has 0 saturated heterocycles. The molecule has 0 bridgehead atoms. The van der Waals surface area contributed by atoms with Gasteiger partial charge in [-0.15, -0.1) is 0 Å². The average molecular weight is 253 g/mol. The van der Waals surface area contributed by atoms with Gasteiger partial charge in [0.25, 0.3) is 0 Å². The van der Waals surface area contributed by atoms with Gasteiger partial charge in [-0.2, -0.15) is 0 Å². The van der Waals surface area contributed by atoms with Crippen molar-refractivity contribution in [1.82, 2.24) is 9.55 Å². The smallest absolute Gasteiger partial charge is 0.303 e. The van der Waals surface area contributed by atoms with Crippen LogP contribution >= 0.6 is 0 Å². The van der Waals surface area contributed by atoms with Crippen LogP contribution < -0.4 is 5.32 Å². The third-order valence-corrected chi connectivity index (χ3v) is 2.87. The van der Waals surface area contributed by atoms with E-state index in [1.807, 2.05) is 10.8 Å². The molecule has 0 amide bonds. The standard InChI is InChI=1S/C13H23N3O2/c1-4-16-6-5-14-13(16)15-9-11(7-10(2)3)8-12(17)18/h5-6,10-11H,4,7-9H2,1-3H3,(H,14,15)(H,17,18). The van der Waals surface area contributed by atoms with E-state index in [-0.39, 0.29) is 12.3 Å². The van der Waals surface area contributed by atoms with Gasteiger partial charge in [-0.25, -0.2) is 4.98 Å². The number of aryl methyl sites for hydroxylation is 1. The number of anilines is 1. The SMILES string of the molecule is CCn1ccnc1NCC(CC(=O)O)CC(C)C. The number of hydrogen-bond acceptors (Lipinski definition) is 3. The van der Waals surface area contributed by atoms with Crippen LogP contribution in [0.15, 0.2) is 12.4 Å². The van der Waals surface area contributed by atoms with Crippen LogP contribution in [0, 0.1) is 11.8 Å². The minimum atomic E-state index is -0.735. The Bertz CT molecular complexity index is 374. The summed E-state index contributed by atoms with van der Waals surface area (Å²) >= 11 is 0. The second kappa shape index (κ2) is 7.03. The van der Waals surface area contributed by atoms with E-state index < -0.39 is 5.97 Å². The molecule has 5 nitrogen and oxygen atoms in total. The summed E-state index contributed by atoms with van der Waals surface area (Å²) in [6.45, 7) is 7.79. The summed E-state index contributed by atoms with van der Waals surface area (Å²) in [5.74, 6) is 0.726. The van der Waals surface area contributed by atoms with Gasteiger partial charge >= 0.3 is 5.97 Å². The van der Waals surface area contributed by atoms with Crippen LogP contribution in [0.2, 0.25) is 0 Å². The number of rotatable bonds is 8. The van der Waals surface area contributed by atoms with Gasteiger partial charge in [0, 0.05) is 31.9 Å². The van der Waals surface area contributed by atoms with E-state index in [0.717, 1.165) is 18.9 Å². The molecule has 0 saturated carbocycles. The monoisotopic (exact) mass is 253 g/mol. The molecule has 2 N–H and O–H groups in total. The molecule has 1 rings (SSSR count). The largest absolute Gasteiger partial charge is 0.481 e. The summed E-state index contributed by atoms with van der Waals surface area (Å²) < 4.78 is 2.01. The lowest BCUT2D eigenvalue weighted by molar-refractivity contribution is -0.138. The van der Waals surface area contributed by atoms with Crippen molar-refractivity contribution in [3.8, 4) is 0 Å². The van der Waals surface area contributed by atoms with Crippen LogP contribution in [0.4, 0.5) is 5.95 Å². The van der Waals surface area contributed by atoms with Crippen LogP contribution in [-0.2, 0) is 11.3 Å². The molecule has 0 aliphatic carbocycles. The quantitative estimate of drug-likeness (QED) is 0.746. The van der Waals surface area contributed by atoms with Gasteiger partial charge < -0.3 is 15.0 Å². The van der Waals surface area contributed by atoms with Gasteiger partial charge in [-0.05, 0) is 25.2 Å². The number of nitrogens with one attached hydrogen (secondary N) is 1. The van der Waals surface area contributed by atoms with E-state index in [9.17, 15) is 4.79 Å². The van der Waals surface area contributed by atoms with Crippen LogP contribution in [0.3, 0.4) is 0 Å². The molecule has 102 valence electrons. The Morgan fingerprint density at radius 1 is 1.56 bits per heavy atom. The maximum Gasteiger partial charge on any atom is 0.303 e. The second-order valence-electron chi connectivity index (χ2n) is 5.01. The predicted molar refractivity (Wildman–Crippen MR) is 71.6 cm³/mol. The van der Waals surface area contributed by atoms with Crippen LogP contribution in [0.1, 0.15) is 33.6 Å². The van der Waals surface area contributed by atoms with Crippen LogP contribution in [0.5, 0.6) is 0 Å². The van der Waals surface area contributed by atoms with Gasteiger partial charge in [-0.3, -0.25) is 4.79 Å². The summed E-state index contributed by atoms with van der Waals surface area (Å²) in [7, 11) is 0. The Morgan fingerprint density at radius 2 is 2.28 bits per heavy atom. The number of aromatic nitrogens is 2. The van der Waals surface area contributed by atoms with Crippen molar-refractivity contribution in [1.29, 1.82) is 0 Å². The highest BCUT2D eigenvalue weighted by Gasteiger charge is 2.15. The molecule has 1 aromatic rings. The zero-order valence-electron chi connectivity index (χ0n) is 11.4. The van der Waals surface area contributed by atoms with Gasteiger partial charge in [0.1, 0.15) is 0 Å². The first-order valence-corrected chi connectivity index (χ1v) is 6.49. The molecule has 18 heavy (non-hydrogen) atoms. The first-order chi connectivity index (χ1) is 8.52. The fourth-order valence-corrected chi connectivity index (χ4v) is 2.12. The van der Waals surface area contributed by atoms with Crippen molar-refractivity contribution in [3.63, 3.8) is 0 Å². The number of carboxylic acids is 1. The number of carboxylic acid groups (broad SMARTS) is 1. The Hall–Kier alpha value is -1.52. The second-order valence-corrected chi connectivity index (χ2v) is 5.01. The van der Waals surface area contributed by atoms with Gasteiger partial charge in [0.05, 0.1) is 0 Å². The van der Waals surface area contributed by atoms with Crippen molar-refractivity contribution in [2.75, 3.05) is 11.9 Å². The topological polar surface area (TPSA) is 67.2 Å². The summed E-state index contributed by atoms with van der Waals surface area (Å²) in [5.41, 5.74) is 0. The molecule has 1 heterocycles. The molecule has 1 aromatic heterocycles. The van der Waals surface area contributed by atoms with E-state index >= 15 is 0 Å². The number of carbonyl (C=O) groups is 1. The zero-order chi connectivity index (χ0) is 13.5. The molecule has 0 aromatic carbocycles. The van der Waals surface area contributed by atoms with Gasteiger partial charge in [0.15, 0.2) is 0 Å². The zero-order valence-corrected chi connectivity index (χ0v) is 11.4. The fourth-order valence-electron chi connectivity index (χ4n) is 2.12. The Balaban J connectivity index is 2.53. The number of imidazole rings is 1.